The maximum atomic E-state index is 12.5. The number of hydrogen-bond donors (Lipinski definition) is 3. The Morgan fingerprint density at radius 2 is 2.10 bits per heavy atom. The van der Waals surface area contributed by atoms with Gasteiger partial charge in [-0.15, -0.1) is 0 Å². The third-order valence-electron chi connectivity index (χ3n) is 5.46. The lowest BCUT2D eigenvalue weighted by atomic mass is 10.1. The Morgan fingerprint density at radius 3 is 2.87 bits per heavy atom. The van der Waals surface area contributed by atoms with Gasteiger partial charge in [-0.25, -0.2) is 9.97 Å². The van der Waals surface area contributed by atoms with Crippen LogP contribution in [0.25, 0.3) is 22.0 Å². The molecule has 3 aromatic heterocycles. The van der Waals surface area contributed by atoms with E-state index in [-0.39, 0.29) is 17.7 Å². The molecule has 0 bridgehead atoms. The molecule has 0 aliphatic heterocycles. The molecule has 2 unspecified atom stereocenters. The number of carbonyl (C=O) groups excluding carboxylic acids is 2. The van der Waals surface area contributed by atoms with Gasteiger partial charge in [0.2, 0.25) is 11.8 Å². The van der Waals surface area contributed by atoms with Gasteiger partial charge in [0.25, 0.3) is 0 Å². The maximum Gasteiger partial charge on any atom is 0.228 e. The third-order valence-corrected chi connectivity index (χ3v) is 5.46. The van der Waals surface area contributed by atoms with E-state index >= 15 is 0 Å². The van der Waals surface area contributed by atoms with Crippen LogP contribution in [0.5, 0.6) is 0 Å². The Balaban J connectivity index is 1.50. The summed E-state index contributed by atoms with van der Waals surface area (Å²) in [4.78, 5) is 36.5. The van der Waals surface area contributed by atoms with Gasteiger partial charge >= 0.3 is 0 Å². The summed E-state index contributed by atoms with van der Waals surface area (Å²) in [5.74, 6) is 1.05. The zero-order valence-corrected chi connectivity index (χ0v) is 17.0. The number of rotatable bonds is 6. The predicted octanol–water partition coefficient (Wildman–Crippen LogP) is 2.68. The Hall–Kier alpha value is -3.55. The zero-order chi connectivity index (χ0) is 21.3. The lowest BCUT2D eigenvalue weighted by Crippen LogP contribution is -2.22. The van der Waals surface area contributed by atoms with Gasteiger partial charge < -0.3 is 16.4 Å². The molecule has 8 nitrogen and oxygen atoms in total. The standard InChI is InChI=1S/C22H24N6O2/c1-12-3-5-24-10-17(12)19-8-15-9-20(26-11-18(15)21(23)27-19)28-22(30)16-7-14(16)4-6-25-13(2)29/h3,5,8-11,14,16H,4,6-7H2,1-2H3,(H2,23,27)(H,25,29)(H,26,28,30). The fourth-order valence-electron chi connectivity index (χ4n) is 3.65. The lowest BCUT2D eigenvalue weighted by molar-refractivity contribution is -0.119. The summed E-state index contributed by atoms with van der Waals surface area (Å²) in [7, 11) is 0. The van der Waals surface area contributed by atoms with Crippen molar-refractivity contribution in [3.8, 4) is 11.3 Å². The molecule has 3 heterocycles. The van der Waals surface area contributed by atoms with E-state index in [1.165, 1.54) is 6.92 Å². The van der Waals surface area contributed by atoms with Gasteiger partial charge in [-0.1, -0.05) is 0 Å². The monoisotopic (exact) mass is 404 g/mol. The van der Waals surface area contributed by atoms with E-state index in [1.54, 1.807) is 18.6 Å². The molecule has 4 rings (SSSR count). The fourth-order valence-corrected chi connectivity index (χ4v) is 3.65. The van der Waals surface area contributed by atoms with Crippen LogP contribution >= 0.6 is 0 Å². The molecule has 2 amide bonds. The number of nitrogens with zero attached hydrogens (tertiary/aromatic N) is 3. The highest BCUT2D eigenvalue weighted by Crippen LogP contribution is 2.41. The molecule has 1 fully saturated rings. The molecule has 0 radical (unpaired) electrons. The Bertz CT molecular complexity index is 1130. The van der Waals surface area contributed by atoms with Crippen LogP contribution in [-0.2, 0) is 9.59 Å². The molecular weight excluding hydrogens is 380 g/mol. The Morgan fingerprint density at radius 1 is 1.27 bits per heavy atom. The smallest absolute Gasteiger partial charge is 0.228 e. The normalized spacial score (nSPS) is 17.5. The third kappa shape index (κ3) is 4.22. The Labute approximate surface area is 174 Å². The number of carbonyl (C=O) groups is 2. The molecule has 154 valence electrons. The van der Waals surface area contributed by atoms with Crippen molar-refractivity contribution < 1.29 is 9.59 Å². The van der Waals surface area contributed by atoms with E-state index < -0.39 is 0 Å². The summed E-state index contributed by atoms with van der Waals surface area (Å²) >= 11 is 0. The molecular formula is C22H24N6O2. The molecule has 2 atom stereocenters. The minimum absolute atomic E-state index is 0.0348. The maximum absolute atomic E-state index is 12.5. The summed E-state index contributed by atoms with van der Waals surface area (Å²) in [5, 5.41) is 7.26. The van der Waals surface area contributed by atoms with Crippen LogP contribution in [0, 0.1) is 18.8 Å². The van der Waals surface area contributed by atoms with Crippen LogP contribution in [0.1, 0.15) is 25.3 Å². The summed E-state index contributed by atoms with van der Waals surface area (Å²) in [6, 6.07) is 5.67. The number of nitrogen functional groups attached to an aromatic ring is 1. The largest absolute Gasteiger partial charge is 0.383 e. The van der Waals surface area contributed by atoms with E-state index in [0.29, 0.717) is 24.1 Å². The average molecular weight is 404 g/mol. The first-order valence-electron chi connectivity index (χ1n) is 9.95. The van der Waals surface area contributed by atoms with Gasteiger partial charge in [0, 0.05) is 48.9 Å². The number of aryl methyl sites for hydroxylation is 1. The molecule has 8 heteroatoms. The van der Waals surface area contributed by atoms with Gasteiger partial charge in [0.05, 0.1) is 5.69 Å². The molecule has 0 aromatic carbocycles. The minimum atomic E-state index is -0.0494. The number of nitrogens with one attached hydrogen (secondary N) is 2. The van der Waals surface area contributed by atoms with Crippen molar-refractivity contribution in [1.82, 2.24) is 20.3 Å². The number of nitrogens with two attached hydrogens (primary N) is 1. The molecule has 30 heavy (non-hydrogen) atoms. The summed E-state index contributed by atoms with van der Waals surface area (Å²) in [6.45, 7) is 4.09. The van der Waals surface area contributed by atoms with Crippen LogP contribution in [0.15, 0.2) is 36.8 Å². The van der Waals surface area contributed by atoms with E-state index in [9.17, 15) is 9.59 Å². The SMILES string of the molecule is CC(=O)NCCC1CC1C(=O)Nc1cc2cc(-c3cnccc3C)nc(N)c2cn1. The van der Waals surface area contributed by atoms with Crippen LogP contribution in [-0.4, -0.2) is 33.3 Å². The van der Waals surface area contributed by atoms with Gasteiger partial charge in [0.1, 0.15) is 11.6 Å². The van der Waals surface area contributed by atoms with Crippen molar-refractivity contribution in [3.63, 3.8) is 0 Å². The van der Waals surface area contributed by atoms with Crippen molar-refractivity contribution >= 4 is 34.2 Å². The molecule has 1 saturated carbocycles. The van der Waals surface area contributed by atoms with Crippen molar-refractivity contribution in [1.29, 1.82) is 0 Å². The molecule has 3 aromatic rings. The van der Waals surface area contributed by atoms with Crippen molar-refractivity contribution in [3.05, 3.63) is 42.4 Å². The van der Waals surface area contributed by atoms with Gasteiger partial charge in [0.15, 0.2) is 0 Å². The first kappa shape index (κ1) is 19.8. The molecule has 0 saturated heterocycles. The molecule has 4 N–H and O–H groups in total. The fraction of sp³-hybridized carbons (Fsp3) is 0.318. The lowest BCUT2D eigenvalue weighted by Gasteiger charge is -2.10. The van der Waals surface area contributed by atoms with Crippen LogP contribution < -0.4 is 16.4 Å². The molecule has 0 spiro atoms. The summed E-state index contributed by atoms with van der Waals surface area (Å²) < 4.78 is 0. The molecule has 1 aliphatic rings. The highest BCUT2D eigenvalue weighted by atomic mass is 16.2. The van der Waals surface area contributed by atoms with Crippen molar-refractivity contribution in [2.75, 3.05) is 17.6 Å². The van der Waals surface area contributed by atoms with Crippen LogP contribution in [0.4, 0.5) is 11.6 Å². The van der Waals surface area contributed by atoms with E-state index in [2.05, 4.69) is 25.6 Å². The highest BCUT2D eigenvalue weighted by Gasteiger charge is 2.42. The number of hydrogen-bond acceptors (Lipinski definition) is 6. The van der Waals surface area contributed by atoms with Crippen LogP contribution in [0.2, 0.25) is 0 Å². The quantitative estimate of drug-likeness (QED) is 0.580. The number of fused-ring (bicyclic) bond motifs is 1. The minimum Gasteiger partial charge on any atom is -0.383 e. The number of anilines is 2. The number of pyridine rings is 3. The van der Waals surface area contributed by atoms with E-state index in [1.807, 2.05) is 25.1 Å². The van der Waals surface area contributed by atoms with Crippen LogP contribution in [0.3, 0.4) is 0 Å². The van der Waals surface area contributed by atoms with Gasteiger partial charge in [-0.3, -0.25) is 14.6 Å². The number of amides is 2. The van der Waals surface area contributed by atoms with E-state index in [4.69, 9.17) is 5.73 Å². The van der Waals surface area contributed by atoms with Crippen molar-refractivity contribution in [2.45, 2.75) is 26.7 Å². The topological polar surface area (TPSA) is 123 Å². The second-order valence-electron chi connectivity index (χ2n) is 7.74. The first-order valence-corrected chi connectivity index (χ1v) is 9.95. The Kier molecular flexibility index (Phi) is 5.31. The predicted molar refractivity (Wildman–Crippen MR) is 115 cm³/mol. The van der Waals surface area contributed by atoms with E-state index in [0.717, 1.165) is 40.4 Å². The highest BCUT2D eigenvalue weighted by molar-refractivity contribution is 5.98. The van der Waals surface area contributed by atoms with Gasteiger partial charge in [-0.2, -0.15) is 0 Å². The summed E-state index contributed by atoms with van der Waals surface area (Å²) in [5.41, 5.74) is 8.85. The van der Waals surface area contributed by atoms with Gasteiger partial charge in [-0.05, 0) is 54.8 Å². The molecule has 1 aliphatic carbocycles. The second kappa shape index (κ2) is 8.06. The second-order valence-corrected chi connectivity index (χ2v) is 7.74. The average Bonchev–Trinajstić information content (AvgIpc) is 3.47. The first-order chi connectivity index (χ1) is 14.4. The van der Waals surface area contributed by atoms with Crippen molar-refractivity contribution in [2.24, 2.45) is 11.8 Å². The summed E-state index contributed by atoms with van der Waals surface area (Å²) in [6.07, 6.45) is 6.77. The number of aromatic nitrogens is 3. The zero-order valence-electron chi connectivity index (χ0n) is 17.0.